The van der Waals surface area contributed by atoms with Gasteiger partial charge < -0.3 is 5.11 Å². The van der Waals surface area contributed by atoms with E-state index >= 15 is 0 Å². The van der Waals surface area contributed by atoms with Gasteiger partial charge in [-0.1, -0.05) is 30.3 Å². The van der Waals surface area contributed by atoms with Gasteiger partial charge in [0.25, 0.3) is 0 Å². The topological polar surface area (TPSA) is 97.2 Å². The number of carbonyl (C=O) groups is 1. The van der Waals surface area contributed by atoms with Crippen molar-refractivity contribution < 1.29 is 18.3 Å². The predicted molar refractivity (Wildman–Crippen MR) is 67.5 cm³/mol. The molecule has 98 valence electrons. The van der Waals surface area contributed by atoms with Gasteiger partial charge in [0.1, 0.15) is 5.56 Å². The molecule has 0 aliphatic heterocycles. The van der Waals surface area contributed by atoms with E-state index < -0.39 is 21.0 Å². The Morgan fingerprint density at radius 1 is 1.21 bits per heavy atom. The minimum absolute atomic E-state index is 0.0866. The van der Waals surface area contributed by atoms with E-state index in [1.165, 1.54) is 0 Å². The Kier molecular flexibility index (Phi) is 3.30. The highest BCUT2D eigenvalue weighted by Gasteiger charge is 2.19. The van der Waals surface area contributed by atoms with Gasteiger partial charge in [0, 0.05) is 18.0 Å². The molecule has 0 radical (unpaired) electrons. The molecule has 1 heterocycles. The summed E-state index contributed by atoms with van der Waals surface area (Å²) >= 11 is 0. The fraction of sp³-hybridized carbons (Fsp3) is 0.0833. The summed E-state index contributed by atoms with van der Waals surface area (Å²) in [5, 5.41) is 8.70. The molecule has 1 N–H and O–H groups in total. The van der Waals surface area contributed by atoms with Gasteiger partial charge in [-0.2, -0.15) is 0 Å². The number of benzene rings is 1. The van der Waals surface area contributed by atoms with Crippen LogP contribution in [-0.2, 0) is 9.84 Å². The molecule has 0 saturated heterocycles. The van der Waals surface area contributed by atoms with Crippen LogP contribution in [0.25, 0.3) is 11.3 Å². The van der Waals surface area contributed by atoms with Crippen LogP contribution in [0, 0.1) is 0 Å². The lowest BCUT2D eigenvalue weighted by molar-refractivity contribution is 0.0696. The summed E-state index contributed by atoms with van der Waals surface area (Å²) in [4.78, 5) is 18.6. The third-order valence-corrected chi connectivity index (χ3v) is 3.24. The van der Waals surface area contributed by atoms with Crippen molar-refractivity contribution in [3.05, 3.63) is 42.1 Å². The summed E-state index contributed by atoms with van der Waals surface area (Å²) in [6.07, 6.45) is 1.98. The SMILES string of the molecule is CS(=O)(=O)c1ncc(C(=O)O)c(-c2ccccc2)n1. The highest BCUT2D eigenvalue weighted by Crippen LogP contribution is 2.22. The molecule has 1 aromatic heterocycles. The van der Waals surface area contributed by atoms with Gasteiger partial charge in [-0.3, -0.25) is 0 Å². The van der Waals surface area contributed by atoms with Crippen LogP contribution in [0.1, 0.15) is 10.4 Å². The largest absolute Gasteiger partial charge is 0.478 e. The Morgan fingerprint density at radius 2 is 1.84 bits per heavy atom. The predicted octanol–water partition coefficient (Wildman–Crippen LogP) is 1.25. The molecule has 2 aromatic rings. The second-order valence-electron chi connectivity index (χ2n) is 3.86. The molecule has 1 aromatic carbocycles. The van der Waals surface area contributed by atoms with Crippen molar-refractivity contribution in [3.63, 3.8) is 0 Å². The molecular formula is C12H10N2O4S. The smallest absolute Gasteiger partial charge is 0.339 e. The third kappa shape index (κ3) is 2.76. The number of aromatic carboxylic acids is 1. The molecule has 0 bridgehead atoms. The number of sulfone groups is 1. The standard InChI is InChI=1S/C12H10N2O4S/c1-19(17,18)12-13-7-9(11(15)16)10(14-12)8-5-3-2-4-6-8/h2-7H,1H3,(H,15,16). The number of rotatable bonds is 3. The first-order valence-corrected chi connectivity index (χ1v) is 7.14. The highest BCUT2D eigenvalue weighted by atomic mass is 32.2. The average Bonchev–Trinajstić information content (AvgIpc) is 2.38. The number of hydrogen-bond acceptors (Lipinski definition) is 5. The summed E-state index contributed by atoms with van der Waals surface area (Å²) < 4.78 is 22.9. The van der Waals surface area contributed by atoms with Crippen LogP contribution in [-0.4, -0.2) is 35.7 Å². The molecule has 0 fully saturated rings. The number of hydrogen-bond donors (Lipinski definition) is 1. The van der Waals surface area contributed by atoms with Crippen molar-refractivity contribution in [1.29, 1.82) is 0 Å². The molecule has 0 spiro atoms. The van der Waals surface area contributed by atoms with Crippen LogP contribution in [0.4, 0.5) is 0 Å². The van der Waals surface area contributed by atoms with Crippen molar-refractivity contribution in [1.82, 2.24) is 9.97 Å². The maximum atomic E-state index is 11.4. The van der Waals surface area contributed by atoms with Gasteiger partial charge in [0.15, 0.2) is 0 Å². The van der Waals surface area contributed by atoms with Gasteiger partial charge in [-0.05, 0) is 0 Å². The second kappa shape index (κ2) is 4.77. The molecule has 7 heteroatoms. The van der Waals surface area contributed by atoms with Crippen molar-refractivity contribution in [2.24, 2.45) is 0 Å². The minimum Gasteiger partial charge on any atom is -0.478 e. The Morgan fingerprint density at radius 3 is 2.37 bits per heavy atom. The van der Waals surface area contributed by atoms with Gasteiger partial charge >= 0.3 is 5.97 Å². The van der Waals surface area contributed by atoms with E-state index in [1.54, 1.807) is 30.3 Å². The van der Waals surface area contributed by atoms with Crippen LogP contribution in [0.2, 0.25) is 0 Å². The van der Waals surface area contributed by atoms with Crippen LogP contribution < -0.4 is 0 Å². The molecule has 0 aliphatic carbocycles. The molecule has 19 heavy (non-hydrogen) atoms. The fourth-order valence-electron chi connectivity index (χ4n) is 1.52. The Labute approximate surface area is 109 Å². The maximum Gasteiger partial charge on any atom is 0.339 e. The Balaban J connectivity index is 2.72. The number of carboxylic acid groups (broad SMARTS) is 1. The molecule has 0 amide bonds. The Hall–Kier alpha value is -2.28. The van der Waals surface area contributed by atoms with Gasteiger partial charge in [0.2, 0.25) is 15.0 Å². The van der Waals surface area contributed by atoms with E-state index in [4.69, 9.17) is 5.11 Å². The zero-order chi connectivity index (χ0) is 14.0. The molecule has 0 atom stereocenters. The maximum absolute atomic E-state index is 11.4. The Bertz CT molecular complexity index is 727. The van der Waals surface area contributed by atoms with Gasteiger partial charge in [-0.25, -0.2) is 23.2 Å². The lowest BCUT2D eigenvalue weighted by atomic mass is 10.1. The van der Waals surface area contributed by atoms with Crippen LogP contribution >= 0.6 is 0 Å². The summed E-state index contributed by atoms with van der Waals surface area (Å²) in [6.45, 7) is 0. The summed E-state index contributed by atoms with van der Waals surface area (Å²) in [6, 6.07) is 8.50. The van der Waals surface area contributed by atoms with Crippen molar-refractivity contribution in [3.8, 4) is 11.3 Å². The molecular weight excluding hydrogens is 268 g/mol. The number of carboxylic acids is 1. The molecule has 0 unspecified atom stereocenters. The highest BCUT2D eigenvalue weighted by molar-refractivity contribution is 7.90. The minimum atomic E-state index is -3.59. The number of aromatic nitrogens is 2. The van der Waals surface area contributed by atoms with Gasteiger partial charge in [0.05, 0.1) is 5.69 Å². The first-order valence-electron chi connectivity index (χ1n) is 5.25. The van der Waals surface area contributed by atoms with E-state index in [0.717, 1.165) is 12.5 Å². The van der Waals surface area contributed by atoms with E-state index in [0.29, 0.717) is 5.56 Å². The van der Waals surface area contributed by atoms with E-state index in [-0.39, 0.29) is 11.3 Å². The zero-order valence-corrected chi connectivity index (χ0v) is 10.8. The zero-order valence-electron chi connectivity index (χ0n) is 9.94. The summed E-state index contributed by atoms with van der Waals surface area (Å²) in [5.41, 5.74) is 0.467. The summed E-state index contributed by atoms with van der Waals surface area (Å²) in [7, 11) is -3.59. The first kappa shape index (κ1) is 13.2. The fourth-order valence-corrected chi connectivity index (χ4v) is 2.02. The molecule has 0 saturated carbocycles. The quantitative estimate of drug-likeness (QED) is 0.848. The van der Waals surface area contributed by atoms with Gasteiger partial charge in [-0.15, -0.1) is 0 Å². The average molecular weight is 278 g/mol. The third-order valence-electron chi connectivity index (χ3n) is 2.38. The molecule has 0 aliphatic rings. The van der Waals surface area contributed by atoms with Crippen LogP contribution in [0.3, 0.4) is 0 Å². The van der Waals surface area contributed by atoms with E-state index in [2.05, 4.69) is 9.97 Å². The van der Waals surface area contributed by atoms with Crippen molar-refractivity contribution in [2.45, 2.75) is 5.16 Å². The summed E-state index contributed by atoms with van der Waals surface area (Å²) in [5.74, 6) is -1.21. The van der Waals surface area contributed by atoms with E-state index in [9.17, 15) is 13.2 Å². The first-order chi connectivity index (χ1) is 8.89. The van der Waals surface area contributed by atoms with Crippen LogP contribution in [0.15, 0.2) is 41.7 Å². The second-order valence-corrected chi connectivity index (χ2v) is 5.77. The monoisotopic (exact) mass is 278 g/mol. The molecule has 2 rings (SSSR count). The van der Waals surface area contributed by atoms with Crippen LogP contribution in [0.5, 0.6) is 0 Å². The van der Waals surface area contributed by atoms with Crippen molar-refractivity contribution in [2.75, 3.05) is 6.26 Å². The molecule has 6 nitrogen and oxygen atoms in total. The van der Waals surface area contributed by atoms with E-state index in [1.807, 2.05) is 0 Å². The van der Waals surface area contributed by atoms with Crippen molar-refractivity contribution >= 4 is 15.8 Å². The lowest BCUT2D eigenvalue weighted by Crippen LogP contribution is -2.09. The normalized spacial score (nSPS) is 11.2. The number of nitrogens with zero attached hydrogens (tertiary/aromatic N) is 2. The lowest BCUT2D eigenvalue weighted by Gasteiger charge is -2.06.